The van der Waals surface area contributed by atoms with Gasteiger partial charge >= 0.3 is 13.8 Å². The molecule has 0 radical (unpaired) electrons. The number of quaternary nitrogens is 1. The molecule has 362 valence electrons. The van der Waals surface area contributed by atoms with E-state index in [2.05, 4.69) is 74.6 Å². The Bertz CT molecular complexity index is 1170. The van der Waals surface area contributed by atoms with Gasteiger partial charge < -0.3 is 18.9 Å². The van der Waals surface area contributed by atoms with Crippen molar-refractivity contribution in [2.75, 3.05) is 54.1 Å². The third-order valence-corrected chi connectivity index (χ3v) is 11.8. The summed E-state index contributed by atoms with van der Waals surface area (Å²) in [7, 11) is 1.66. The van der Waals surface area contributed by atoms with Crippen LogP contribution in [0.5, 0.6) is 0 Å². The van der Waals surface area contributed by atoms with Crippen LogP contribution in [0.2, 0.25) is 0 Å². The fourth-order valence-corrected chi connectivity index (χ4v) is 7.67. The topological polar surface area (TPSA) is 91.3 Å². The molecule has 0 bridgehead atoms. The van der Waals surface area contributed by atoms with E-state index in [9.17, 15) is 14.3 Å². The normalized spacial score (nSPS) is 14.1. The van der Waals surface area contributed by atoms with Gasteiger partial charge in [-0.05, 0) is 57.8 Å². The first kappa shape index (κ1) is 60.2. The summed E-state index contributed by atoms with van der Waals surface area (Å²) in [5, 5.41) is 0. The highest BCUT2D eigenvalue weighted by molar-refractivity contribution is 7.47. The Kier molecular flexibility index (Phi) is 44.4. The van der Waals surface area contributed by atoms with E-state index in [-0.39, 0.29) is 25.8 Å². The summed E-state index contributed by atoms with van der Waals surface area (Å²) in [5.74, 6) is -0.319. The van der Waals surface area contributed by atoms with Crippen molar-refractivity contribution in [3.8, 4) is 0 Å². The van der Waals surface area contributed by atoms with E-state index in [0.29, 0.717) is 24.1 Å². The average molecular weight is 893 g/mol. The number of likely N-dealkylation sites (N-methyl/N-ethyl adjacent to an activating group) is 1. The van der Waals surface area contributed by atoms with Gasteiger partial charge in [-0.25, -0.2) is 4.57 Å². The Morgan fingerprint density at radius 3 is 1.40 bits per heavy atom. The molecular weight excluding hydrogens is 794 g/mol. The summed E-state index contributed by atoms with van der Waals surface area (Å²) >= 11 is 0. The number of nitrogens with zero attached hydrogens (tertiary/aromatic N) is 1. The average Bonchev–Trinajstić information content (AvgIpc) is 3.23. The molecule has 0 amide bonds. The number of phosphoric acid groups is 1. The molecule has 0 aliphatic carbocycles. The second kappa shape index (κ2) is 45.8. The van der Waals surface area contributed by atoms with Gasteiger partial charge in [0.1, 0.15) is 19.3 Å². The van der Waals surface area contributed by atoms with Crippen LogP contribution in [0.15, 0.2) is 60.8 Å². The summed E-state index contributed by atoms with van der Waals surface area (Å²) < 4.78 is 35.1. The third-order valence-electron chi connectivity index (χ3n) is 10.8. The summed E-state index contributed by atoms with van der Waals surface area (Å²) in [4.78, 5) is 23.0. The van der Waals surface area contributed by atoms with Gasteiger partial charge in [-0.15, -0.1) is 0 Å². The van der Waals surface area contributed by atoms with Gasteiger partial charge in [0.15, 0.2) is 0 Å². The SMILES string of the molecule is CC/C=C\C/C=C\C/C=C\C/C=C\C/C=C\CCCCCCCCCCCC(=O)OC(COCCCCCCCCCCCCCCCCC)COP(=O)(O)OCC[N+](C)(C)C. The van der Waals surface area contributed by atoms with Gasteiger partial charge in [0.2, 0.25) is 0 Å². The van der Waals surface area contributed by atoms with Crippen molar-refractivity contribution >= 4 is 13.8 Å². The molecule has 2 atom stereocenters. The Labute approximate surface area is 383 Å². The van der Waals surface area contributed by atoms with E-state index < -0.39 is 13.9 Å². The van der Waals surface area contributed by atoms with Crippen molar-refractivity contribution in [3.63, 3.8) is 0 Å². The van der Waals surface area contributed by atoms with E-state index in [0.717, 1.165) is 70.6 Å². The van der Waals surface area contributed by atoms with Gasteiger partial charge in [-0.3, -0.25) is 13.8 Å². The highest BCUT2D eigenvalue weighted by Crippen LogP contribution is 2.43. The van der Waals surface area contributed by atoms with Crippen LogP contribution in [0.1, 0.15) is 213 Å². The number of phosphoric ester groups is 1. The second-order valence-corrected chi connectivity index (χ2v) is 19.6. The van der Waals surface area contributed by atoms with Crippen LogP contribution in [-0.4, -0.2) is 75.6 Å². The maximum Gasteiger partial charge on any atom is 0.472 e. The number of allylic oxidation sites excluding steroid dienone is 10. The summed E-state index contributed by atoms with van der Waals surface area (Å²) in [6.07, 6.45) is 58.3. The maximum atomic E-state index is 12.8. The lowest BCUT2D eigenvalue weighted by atomic mass is 10.0. The number of rotatable bonds is 47. The largest absolute Gasteiger partial charge is 0.472 e. The quantitative estimate of drug-likeness (QED) is 0.0214. The van der Waals surface area contributed by atoms with Crippen molar-refractivity contribution in [1.29, 1.82) is 0 Å². The minimum absolute atomic E-state index is 0.0865. The number of carbonyl (C=O) groups excluding carboxylic acids is 1. The number of hydrogen-bond donors (Lipinski definition) is 1. The highest BCUT2D eigenvalue weighted by Gasteiger charge is 2.26. The molecule has 2 unspecified atom stereocenters. The summed E-state index contributed by atoms with van der Waals surface area (Å²) in [5.41, 5.74) is 0. The van der Waals surface area contributed by atoms with Gasteiger partial charge in [-0.2, -0.15) is 0 Å². The minimum Gasteiger partial charge on any atom is -0.457 e. The van der Waals surface area contributed by atoms with Gasteiger partial charge in [0.05, 0.1) is 34.4 Å². The predicted octanol–water partition coefficient (Wildman–Crippen LogP) is 15.7. The van der Waals surface area contributed by atoms with E-state index in [1.165, 1.54) is 122 Å². The predicted molar refractivity (Wildman–Crippen MR) is 266 cm³/mol. The molecule has 0 spiro atoms. The summed E-state index contributed by atoms with van der Waals surface area (Å²) in [6.45, 7) is 5.53. The first-order valence-electron chi connectivity index (χ1n) is 25.5. The Balaban J connectivity index is 4.13. The molecule has 0 heterocycles. The zero-order chi connectivity index (χ0) is 45.5. The molecule has 0 aromatic carbocycles. The number of unbranched alkanes of at least 4 members (excludes halogenated alkanes) is 23. The zero-order valence-corrected chi connectivity index (χ0v) is 42.0. The Morgan fingerprint density at radius 2 is 0.935 bits per heavy atom. The van der Waals surface area contributed by atoms with Crippen molar-refractivity contribution in [2.45, 2.75) is 219 Å². The molecule has 8 nitrogen and oxygen atoms in total. The molecule has 0 aliphatic heterocycles. The van der Waals surface area contributed by atoms with Crippen LogP contribution in [-0.2, 0) is 27.9 Å². The van der Waals surface area contributed by atoms with Crippen LogP contribution in [0.4, 0.5) is 0 Å². The molecule has 62 heavy (non-hydrogen) atoms. The molecule has 0 rings (SSSR count). The molecule has 0 saturated heterocycles. The smallest absolute Gasteiger partial charge is 0.457 e. The number of hydrogen-bond acceptors (Lipinski definition) is 6. The minimum atomic E-state index is -4.28. The van der Waals surface area contributed by atoms with E-state index in [1.807, 2.05) is 21.1 Å². The van der Waals surface area contributed by atoms with Crippen LogP contribution in [0.25, 0.3) is 0 Å². The van der Waals surface area contributed by atoms with E-state index in [4.69, 9.17) is 18.5 Å². The van der Waals surface area contributed by atoms with Crippen LogP contribution >= 0.6 is 7.82 Å². The van der Waals surface area contributed by atoms with Gasteiger partial charge in [0, 0.05) is 13.0 Å². The van der Waals surface area contributed by atoms with Crippen molar-refractivity contribution in [3.05, 3.63) is 60.8 Å². The first-order valence-corrected chi connectivity index (χ1v) is 27.0. The number of esters is 1. The zero-order valence-electron chi connectivity index (χ0n) is 41.1. The Morgan fingerprint density at radius 1 is 0.516 bits per heavy atom. The number of ether oxygens (including phenoxy) is 2. The lowest BCUT2D eigenvalue weighted by molar-refractivity contribution is -0.870. The lowest BCUT2D eigenvalue weighted by Gasteiger charge is -2.24. The van der Waals surface area contributed by atoms with Crippen molar-refractivity contribution in [2.24, 2.45) is 0 Å². The van der Waals surface area contributed by atoms with E-state index >= 15 is 0 Å². The fraction of sp³-hybridized carbons (Fsp3) is 0.792. The lowest BCUT2D eigenvalue weighted by Crippen LogP contribution is -2.37. The third kappa shape index (κ3) is 49.2. The Hall–Kier alpha value is -1.80. The molecule has 0 fully saturated rings. The molecule has 0 saturated carbocycles. The molecule has 1 N–H and O–H groups in total. The van der Waals surface area contributed by atoms with Crippen molar-refractivity contribution < 1.29 is 37.3 Å². The van der Waals surface area contributed by atoms with Gasteiger partial charge in [-0.1, -0.05) is 209 Å². The van der Waals surface area contributed by atoms with Crippen LogP contribution in [0, 0.1) is 0 Å². The molecule has 0 aromatic rings. The molecule has 0 aliphatic rings. The van der Waals surface area contributed by atoms with Crippen molar-refractivity contribution in [1.82, 2.24) is 0 Å². The molecule has 0 aromatic heterocycles. The van der Waals surface area contributed by atoms with Crippen LogP contribution in [0.3, 0.4) is 0 Å². The fourth-order valence-electron chi connectivity index (χ4n) is 6.93. The number of carbonyl (C=O) groups is 1. The molecular formula is C53H99NO7P+. The van der Waals surface area contributed by atoms with E-state index in [1.54, 1.807) is 0 Å². The molecule has 9 heteroatoms. The van der Waals surface area contributed by atoms with Crippen LogP contribution < -0.4 is 0 Å². The standard InChI is InChI=1S/C53H98NO7P/c1-6-8-10-12-14-16-18-20-22-23-24-25-26-27-28-29-30-31-32-34-36-38-40-42-44-46-53(55)61-52(51-60-62(56,57)59-49-47-54(3,4)5)50-58-48-45-43-41-39-37-35-33-21-19-17-15-13-11-9-7-2/h8,10,14,16,20,22,24-25,27-28,52H,6-7,9,11-13,15,17-19,21,23,26,29-51H2,1-5H3/p+1/b10-8-,16-14-,22-20-,25-24-,28-27-. The second-order valence-electron chi connectivity index (χ2n) is 18.2. The summed E-state index contributed by atoms with van der Waals surface area (Å²) in [6, 6.07) is 0. The van der Waals surface area contributed by atoms with Gasteiger partial charge in [0.25, 0.3) is 0 Å². The monoisotopic (exact) mass is 893 g/mol. The highest BCUT2D eigenvalue weighted by atomic mass is 31.2. The maximum absolute atomic E-state index is 12.8. The first-order chi connectivity index (χ1) is 30.1.